The van der Waals surface area contributed by atoms with Crippen LogP contribution in [-0.2, 0) is 16.1 Å². The van der Waals surface area contributed by atoms with E-state index in [0.717, 1.165) is 10.5 Å². The largest absolute Gasteiger partial charge is 0.457 e. The van der Waals surface area contributed by atoms with Crippen molar-refractivity contribution >= 4 is 23.9 Å². The number of nitrogens with zero attached hydrogens (tertiary/aromatic N) is 1. The average Bonchev–Trinajstić information content (AvgIpc) is 3.18. The van der Waals surface area contributed by atoms with Crippen LogP contribution >= 0.6 is 0 Å². The first-order valence-electron chi connectivity index (χ1n) is 8.80. The molecule has 7 heteroatoms. The van der Waals surface area contributed by atoms with E-state index in [4.69, 9.17) is 4.42 Å². The Kier molecular flexibility index (Phi) is 4.78. The lowest BCUT2D eigenvalue weighted by molar-refractivity contribution is -0.130. The van der Waals surface area contributed by atoms with Crippen LogP contribution in [-0.4, -0.2) is 22.7 Å². The maximum atomic E-state index is 13.1. The summed E-state index contributed by atoms with van der Waals surface area (Å²) in [6, 6.07) is 17.2. The number of urea groups is 1. The maximum Gasteiger partial charge on any atom is 0.331 e. The monoisotopic (exact) mass is 390 g/mol. The van der Waals surface area contributed by atoms with Crippen LogP contribution in [0, 0.1) is 5.82 Å². The highest BCUT2D eigenvalue weighted by Gasteiger charge is 2.35. The highest BCUT2D eigenvalue weighted by Crippen LogP contribution is 2.25. The molecule has 3 aromatic rings. The predicted octanol–water partition coefficient (Wildman–Crippen LogP) is 3.75. The first-order valence-corrected chi connectivity index (χ1v) is 8.80. The van der Waals surface area contributed by atoms with E-state index < -0.39 is 17.8 Å². The van der Waals surface area contributed by atoms with Gasteiger partial charge in [-0.1, -0.05) is 30.3 Å². The van der Waals surface area contributed by atoms with Crippen LogP contribution in [0.15, 0.2) is 76.7 Å². The molecule has 1 aromatic heterocycles. The van der Waals surface area contributed by atoms with E-state index in [1.807, 2.05) is 6.07 Å². The Morgan fingerprint density at radius 1 is 0.931 bits per heavy atom. The van der Waals surface area contributed by atoms with Crippen LogP contribution in [0.4, 0.5) is 9.18 Å². The Bertz CT molecular complexity index is 1120. The van der Waals surface area contributed by atoms with E-state index in [9.17, 15) is 18.8 Å². The van der Waals surface area contributed by atoms with Crippen molar-refractivity contribution in [2.24, 2.45) is 0 Å². The van der Waals surface area contributed by atoms with Gasteiger partial charge in [-0.3, -0.25) is 19.8 Å². The zero-order valence-corrected chi connectivity index (χ0v) is 15.1. The normalized spacial score (nSPS) is 15.7. The molecular formula is C22H15FN2O4. The molecule has 0 atom stereocenters. The van der Waals surface area contributed by atoms with Gasteiger partial charge in [0.1, 0.15) is 22.9 Å². The fourth-order valence-electron chi connectivity index (χ4n) is 2.95. The van der Waals surface area contributed by atoms with E-state index in [0.29, 0.717) is 11.3 Å². The third kappa shape index (κ3) is 3.84. The molecule has 2 heterocycles. The highest BCUT2D eigenvalue weighted by atomic mass is 19.1. The van der Waals surface area contributed by atoms with Crippen molar-refractivity contribution in [2.75, 3.05) is 0 Å². The van der Waals surface area contributed by atoms with Crippen LogP contribution < -0.4 is 5.32 Å². The second-order valence-electron chi connectivity index (χ2n) is 6.40. The molecule has 0 saturated carbocycles. The lowest BCUT2D eigenvalue weighted by atomic mass is 10.1. The lowest BCUT2D eigenvalue weighted by Gasteiger charge is -2.26. The van der Waals surface area contributed by atoms with Crippen LogP contribution in [0.3, 0.4) is 0 Å². The standard InChI is InChI=1S/C22H15FN2O4/c23-16-8-6-15(7-9-16)19-11-10-17(29-19)12-18-20(26)24-22(28)25(21(18)27)13-14-4-2-1-3-5-14/h1-12H,13H2,(H,24,26,28)/b18-12-. The van der Waals surface area contributed by atoms with Gasteiger partial charge in [-0.2, -0.15) is 0 Å². The van der Waals surface area contributed by atoms with Crippen molar-refractivity contribution < 1.29 is 23.2 Å². The molecular weight excluding hydrogens is 375 g/mol. The smallest absolute Gasteiger partial charge is 0.331 e. The van der Waals surface area contributed by atoms with Crippen molar-refractivity contribution in [3.8, 4) is 11.3 Å². The summed E-state index contributed by atoms with van der Waals surface area (Å²) in [5.41, 5.74) is 1.19. The molecule has 1 aliphatic heterocycles. The minimum atomic E-state index is -0.788. The number of amides is 4. The minimum Gasteiger partial charge on any atom is -0.457 e. The van der Waals surface area contributed by atoms with Crippen molar-refractivity contribution in [3.63, 3.8) is 0 Å². The molecule has 4 rings (SSSR count). The average molecular weight is 390 g/mol. The zero-order valence-electron chi connectivity index (χ0n) is 15.1. The number of carbonyl (C=O) groups excluding carboxylic acids is 3. The Balaban J connectivity index is 1.60. The number of hydrogen-bond acceptors (Lipinski definition) is 4. The first-order chi connectivity index (χ1) is 14.0. The van der Waals surface area contributed by atoms with Gasteiger partial charge in [-0.05, 0) is 48.0 Å². The summed E-state index contributed by atoms with van der Waals surface area (Å²) in [6.45, 7) is 0.0368. The summed E-state index contributed by atoms with van der Waals surface area (Å²) < 4.78 is 18.7. The number of imide groups is 2. The SMILES string of the molecule is O=C1NC(=O)N(Cc2ccccc2)C(=O)/C1=C\c1ccc(-c2ccc(F)cc2)o1. The van der Waals surface area contributed by atoms with E-state index in [-0.39, 0.29) is 23.7 Å². The summed E-state index contributed by atoms with van der Waals surface area (Å²) >= 11 is 0. The van der Waals surface area contributed by atoms with Crippen LogP contribution in [0.25, 0.3) is 17.4 Å². The maximum absolute atomic E-state index is 13.1. The third-order valence-corrected chi connectivity index (χ3v) is 4.41. The van der Waals surface area contributed by atoms with Gasteiger partial charge in [0, 0.05) is 5.56 Å². The Morgan fingerprint density at radius 3 is 2.38 bits per heavy atom. The number of furan rings is 1. The number of benzene rings is 2. The summed E-state index contributed by atoms with van der Waals surface area (Å²) in [6.07, 6.45) is 1.29. The second-order valence-corrected chi connectivity index (χ2v) is 6.40. The number of carbonyl (C=O) groups is 3. The Labute approximate surface area is 165 Å². The van der Waals surface area contributed by atoms with Gasteiger partial charge in [0.05, 0.1) is 6.54 Å². The summed E-state index contributed by atoms with van der Waals surface area (Å²) in [7, 11) is 0. The quantitative estimate of drug-likeness (QED) is 0.544. The van der Waals surface area contributed by atoms with Crippen molar-refractivity contribution in [1.82, 2.24) is 10.2 Å². The van der Waals surface area contributed by atoms with Gasteiger partial charge in [0.2, 0.25) is 0 Å². The van der Waals surface area contributed by atoms with Crippen molar-refractivity contribution in [2.45, 2.75) is 6.54 Å². The second kappa shape index (κ2) is 7.55. The Morgan fingerprint density at radius 2 is 1.66 bits per heavy atom. The number of nitrogens with one attached hydrogen (secondary N) is 1. The fraction of sp³-hybridized carbons (Fsp3) is 0.0455. The van der Waals surface area contributed by atoms with Gasteiger partial charge in [0.15, 0.2) is 0 Å². The minimum absolute atomic E-state index is 0.0368. The van der Waals surface area contributed by atoms with Crippen LogP contribution in [0.1, 0.15) is 11.3 Å². The molecule has 1 fully saturated rings. The van der Waals surface area contributed by atoms with E-state index in [1.165, 1.54) is 18.2 Å². The van der Waals surface area contributed by atoms with E-state index in [1.54, 1.807) is 48.5 Å². The number of rotatable bonds is 4. The van der Waals surface area contributed by atoms with Crippen LogP contribution in [0.2, 0.25) is 0 Å². The first kappa shape index (κ1) is 18.4. The molecule has 144 valence electrons. The number of halogens is 1. The van der Waals surface area contributed by atoms with E-state index in [2.05, 4.69) is 5.32 Å². The molecule has 0 radical (unpaired) electrons. The number of hydrogen-bond donors (Lipinski definition) is 1. The summed E-state index contributed by atoms with van der Waals surface area (Å²) in [5.74, 6) is -1.14. The highest BCUT2D eigenvalue weighted by molar-refractivity contribution is 6.30. The number of barbiturate groups is 1. The molecule has 29 heavy (non-hydrogen) atoms. The predicted molar refractivity (Wildman–Crippen MR) is 103 cm³/mol. The van der Waals surface area contributed by atoms with Crippen molar-refractivity contribution in [3.05, 3.63) is 89.4 Å². The zero-order chi connectivity index (χ0) is 20.4. The Hall–Kier alpha value is -4.00. The molecule has 0 bridgehead atoms. The molecule has 0 spiro atoms. The molecule has 2 aromatic carbocycles. The van der Waals surface area contributed by atoms with Gasteiger partial charge < -0.3 is 4.42 Å². The molecule has 1 N–H and O–H groups in total. The van der Waals surface area contributed by atoms with Crippen LogP contribution in [0.5, 0.6) is 0 Å². The lowest BCUT2D eigenvalue weighted by Crippen LogP contribution is -2.53. The van der Waals surface area contributed by atoms with Gasteiger partial charge >= 0.3 is 6.03 Å². The summed E-state index contributed by atoms with van der Waals surface area (Å²) in [5, 5.41) is 2.17. The van der Waals surface area contributed by atoms with Gasteiger partial charge in [0.25, 0.3) is 11.8 Å². The molecule has 0 aliphatic carbocycles. The van der Waals surface area contributed by atoms with Gasteiger partial charge in [-0.15, -0.1) is 0 Å². The molecule has 1 aliphatic rings. The molecule has 6 nitrogen and oxygen atoms in total. The third-order valence-electron chi connectivity index (χ3n) is 4.41. The van der Waals surface area contributed by atoms with E-state index >= 15 is 0 Å². The molecule has 1 saturated heterocycles. The molecule has 4 amide bonds. The fourth-order valence-corrected chi connectivity index (χ4v) is 2.95. The topological polar surface area (TPSA) is 79.6 Å². The summed E-state index contributed by atoms with van der Waals surface area (Å²) in [4.78, 5) is 38.1. The molecule has 0 unspecified atom stereocenters. The van der Waals surface area contributed by atoms with Gasteiger partial charge in [-0.25, -0.2) is 9.18 Å². The van der Waals surface area contributed by atoms with Crippen molar-refractivity contribution in [1.29, 1.82) is 0 Å².